The molecule has 0 aliphatic heterocycles. The van der Waals surface area contributed by atoms with Gasteiger partial charge in [-0.1, -0.05) is 42.5 Å². The van der Waals surface area contributed by atoms with E-state index in [1.54, 1.807) is 30.3 Å². The van der Waals surface area contributed by atoms with Gasteiger partial charge in [0.1, 0.15) is 0 Å². The van der Waals surface area contributed by atoms with Gasteiger partial charge in [-0.15, -0.1) is 0 Å². The Morgan fingerprint density at radius 3 is 2.43 bits per heavy atom. The van der Waals surface area contributed by atoms with E-state index in [2.05, 4.69) is 0 Å². The van der Waals surface area contributed by atoms with Crippen LogP contribution in [0.2, 0.25) is 0 Å². The number of carboxylic acids is 1. The number of aromatic nitrogens is 1. The molecule has 0 saturated carbocycles. The van der Waals surface area contributed by atoms with E-state index in [0.717, 1.165) is 0 Å². The Labute approximate surface area is 158 Å². The van der Waals surface area contributed by atoms with Gasteiger partial charge < -0.3 is 9.67 Å². The lowest BCUT2D eigenvalue weighted by atomic mass is 9.95. The van der Waals surface area contributed by atoms with E-state index >= 15 is 0 Å². The number of alkyl halides is 3. The number of hydrogen-bond donors (Lipinski definition) is 1. The van der Waals surface area contributed by atoms with Crippen LogP contribution in [0.1, 0.15) is 28.7 Å². The molecule has 0 radical (unpaired) electrons. The minimum Gasteiger partial charge on any atom is -0.481 e. The minimum atomic E-state index is -4.68. The highest BCUT2D eigenvalue weighted by Gasteiger charge is 2.37. The van der Waals surface area contributed by atoms with Crippen molar-refractivity contribution in [2.75, 3.05) is 0 Å². The summed E-state index contributed by atoms with van der Waals surface area (Å²) in [4.78, 5) is 23.5. The molecule has 0 bridgehead atoms. The van der Waals surface area contributed by atoms with Crippen molar-refractivity contribution in [2.24, 2.45) is 7.05 Å². The van der Waals surface area contributed by atoms with Crippen molar-refractivity contribution in [3.05, 3.63) is 81.1 Å². The average Bonchev–Trinajstić information content (AvgIpc) is 2.63. The van der Waals surface area contributed by atoms with Gasteiger partial charge in [0.15, 0.2) is 0 Å². The summed E-state index contributed by atoms with van der Waals surface area (Å²) in [6.45, 7) is 0. The van der Waals surface area contributed by atoms with Crippen LogP contribution >= 0.6 is 0 Å². The third kappa shape index (κ3) is 3.93. The number of halogens is 3. The number of rotatable bonds is 5. The zero-order chi connectivity index (χ0) is 20.5. The molecule has 1 heterocycles. The normalized spacial score (nSPS) is 11.7. The van der Waals surface area contributed by atoms with Crippen LogP contribution in [0.3, 0.4) is 0 Å². The number of benzene rings is 2. The first kappa shape index (κ1) is 19.7. The van der Waals surface area contributed by atoms with E-state index in [0.29, 0.717) is 11.1 Å². The van der Waals surface area contributed by atoms with Gasteiger partial charge in [-0.2, -0.15) is 13.2 Å². The lowest BCUT2D eigenvalue weighted by Crippen LogP contribution is -2.27. The van der Waals surface area contributed by atoms with Crippen LogP contribution in [0.4, 0.5) is 13.2 Å². The first-order valence-corrected chi connectivity index (χ1v) is 8.66. The topological polar surface area (TPSA) is 59.3 Å². The Bertz CT molecular complexity index is 1100. The number of aryl methyl sites for hydroxylation is 2. The standard InChI is InChI=1S/C21H18F3NO3/c1-25-17-8-3-2-7-15(17)19(21(22,23)24)16(20(25)28)12-14-6-4-5-13(11-14)9-10-18(26)27/h2-8,11H,9-10,12H2,1H3,(H,26,27). The molecular weight excluding hydrogens is 371 g/mol. The van der Waals surface area contributed by atoms with E-state index in [1.165, 1.54) is 29.8 Å². The van der Waals surface area contributed by atoms with Crippen molar-refractivity contribution in [3.63, 3.8) is 0 Å². The Balaban J connectivity index is 2.14. The van der Waals surface area contributed by atoms with E-state index in [9.17, 15) is 22.8 Å². The third-order valence-corrected chi connectivity index (χ3v) is 4.68. The highest BCUT2D eigenvalue weighted by Crippen LogP contribution is 2.36. The van der Waals surface area contributed by atoms with Crippen molar-refractivity contribution in [3.8, 4) is 0 Å². The number of hydrogen-bond acceptors (Lipinski definition) is 2. The highest BCUT2D eigenvalue weighted by molar-refractivity contribution is 5.84. The van der Waals surface area contributed by atoms with Crippen molar-refractivity contribution < 1.29 is 23.1 Å². The molecule has 0 spiro atoms. The summed E-state index contributed by atoms with van der Waals surface area (Å²) >= 11 is 0. The highest BCUT2D eigenvalue weighted by atomic mass is 19.4. The summed E-state index contributed by atoms with van der Waals surface area (Å²) in [5.41, 5.74) is -0.473. The molecule has 2 aromatic carbocycles. The number of carbonyl (C=O) groups is 1. The molecule has 146 valence electrons. The molecule has 0 atom stereocenters. The second kappa shape index (κ2) is 7.50. The van der Waals surface area contributed by atoms with Gasteiger partial charge in [0.2, 0.25) is 0 Å². The molecule has 0 unspecified atom stereocenters. The van der Waals surface area contributed by atoms with Crippen molar-refractivity contribution in [2.45, 2.75) is 25.4 Å². The van der Waals surface area contributed by atoms with Crippen LogP contribution in [0.5, 0.6) is 0 Å². The average molecular weight is 389 g/mol. The van der Waals surface area contributed by atoms with Crippen molar-refractivity contribution in [1.29, 1.82) is 0 Å². The molecule has 0 fully saturated rings. The number of aliphatic carboxylic acids is 1. The second-order valence-electron chi connectivity index (χ2n) is 6.62. The molecule has 4 nitrogen and oxygen atoms in total. The lowest BCUT2D eigenvalue weighted by Gasteiger charge is -2.18. The first-order valence-electron chi connectivity index (χ1n) is 8.66. The Morgan fingerprint density at radius 1 is 1.07 bits per heavy atom. The molecule has 3 aromatic rings. The SMILES string of the molecule is Cn1c(=O)c(Cc2cccc(CCC(=O)O)c2)c(C(F)(F)F)c2ccccc21. The minimum absolute atomic E-state index is 0.0193. The van der Waals surface area contributed by atoms with Gasteiger partial charge in [0.05, 0.1) is 11.1 Å². The summed E-state index contributed by atoms with van der Waals surface area (Å²) in [7, 11) is 1.46. The lowest BCUT2D eigenvalue weighted by molar-refractivity contribution is -0.137. The summed E-state index contributed by atoms with van der Waals surface area (Å²) in [6.07, 6.45) is -4.67. The zero-order valence-electron chi connectivity index (χ0n) is 15.1. The molecule has 3 rings (SSSR count). The number of pyridine rings is 1. The zero-order valence-corrected chi connectivity index (χ0v) is 15.1. The quantitative estimate of drug-likeness (QED) is 0.713. The fourth-order valence-corrected chi connectivity index (χ4v) is 3.40. The van der Waals surface area contributed by atoms with E-state index < -0.39 is 23.3 Å². The molecule has 1 aromatic heterocycles. The maximum Gasteiger partial charge on any atom is 0.417 e. The molecule has 0 aliphatic rings. The largest absolute Gasteiger partial charge is 0.481 e. The molecule has 1 N–H and O–H groups in total. The second-order valence-corrected chi connectivity index (χ2v) is 6.62. The van der Waals surface area contributed by atoms with Crippen molar-refractivity contribution in [1.82, 2.24) is 4.57 Å². The van der Waals surface area contributed by atoms with E-state index in [-0.39, 0.29) is 35.7 Å². The Morgan fingerprint density at radius 2 is 1.75 bits per heavy atom. The number of nitrogens with zero attached hydrogens (tertiary/aromatic N) is 1. The maximum absolute atomic E-state index is 13.9. The van der Waals surface area contributed by atoms with Crippen molar-refractivity contribution >= 4 is 16.9 Å². The fourth-order valence-electron chi connectivity index (χ4n) is 3.40. The van der Waals surface area contributed by atoms with Crippen LogP contribution in [0, 0.1) is 0 Å². The molecule has 0 saturated heterocycles. The summed E-state index contributed by atoms with van der Waals surface area (Å²) in [5.74, 6) is -0.951. The van der Waals surface area contributed by atoms with E-state index in [4.69, 9.17) is 5.11 Å². The van der Waals surface area contributed by atoms with E-state index in [1.807, 2.05) is 0 Å². The molecular formula is C21H18F3NO3. The molecule has 28 heavy (non-hydrogen) atoms. The molecule has 7 heteroatoms. The Kier molecular flexibility index (Phi) is 5.27. The van der Waals surface area contributed by atoms with Crippen LogP contribution in [0.15, 0.2) is 53.3 Å². The molecule has 0 aliphatic carbocycles. The fraction of sp³-hybridized carbons (Fsp3) is 0.238. The predicted molar refractivity (Wildman–Crippen MR) is 99.4 cm³/mol. The smallest absolute Gasteiger partial charge is 0.417 e. The van der Waals surface area contributed by atoms with Gasteiger partial charge in [-0.05, 0) is 23.6 Å². The van der Waals surface area contributed by atoms with Crippen LogP contribution in [-0.2, 0) is 30.9 Å². The number of para-hydroxylation sites is 1. The van der Waals surface area contributed by atoms with Gasteiger partial charge >= 0.3 is 12.1 Å². The molecule has 0 amide bonds. The van der Waals surface area contributed by atoms with Crippen LogP contribution in [0.25, 0.3) is 10.9 Å². The van der Waals surface area contributed by atoms with Gasteiger partial charge in [-0.3, -0.25) is 9.59 Å². The number of fused-ring (bicyclic) bond motifs is 1. The maximum atomic E-state index is 13.9. The summed E-state index contributed by atoms with van der Waals surface area (Å²) in [6, 6.07) is 12.6. The van der Waals surface area contributed by atoms with Gasteiger partial charge in [-0.25, -0.2) is 0 Å². The first-order chi connectivity index (χ1) is 13.2. The summed E-state index contributed by atoms with van der Waals surface area (Å²) in [5, 5.41) is 8.78. The predicted octanol–water partition coefficient (Wildman–Crippen LogP) is 4.17. The monoisotopic (exact) mass is 389 g/mol. The van der Waals surface area contributed by atoms with Gasteiger partial charge in [0.25, 0.3) is 5.56 Å². The Hall–Kier alpha value is -3.09. The summed E-state index contributed by atoms with van der Waals surface area (Å²) < 4.78 is 42.8. The van der Waals surface area contributed by atoms with Crippen LogP contribution < -0.4 is 5.56 Å². The third-order valence-electron chi connectivity index (χ3n) is 4.68. The van der Waals surface area contributed by atoms with Crippen LogP contribution in [-0.4, -0.2) is 15.6 Å². The van der Waals surface area contributed by atoms with Gasteiger partial charge in [0, 0.05) is 30.8 Å². The number of carboxylic acid groups (broad SMARTS) is 1.